The Bertz CT molecular complexity index is 978. The molecule has 1 saturated heterocycles. The molecule has 1 aromatic carbocycles. The third-order valence-electron chi connectivity index (χ3n) is 5.27. The second kappa shape index (κ2) is 6.98. The molecule has 1 unspecified atom stereocenters. The molecule has 2 aromatic heterocycles. The van der Waals surface area contributed by atoms with Crippen LogP contribution in [0.1, 0.15) is 52.6 Å². The minimum atomic E-state index is -0.502. The maximum absolute atomic E-state index is 14.2. The molecule has 1 aliphatic rings. The van der Waals surface area contributed by atoms with E-state index in [1.807, 2.05) is 13.8 Å². The molecule has 3 aromatic rings. The van der Waals surface area contributed by atoms with E-state index >= 15 is 0 Å². The van der Waals surface area contributed by atoms with Crippen LogP contribution in [0, 0.1) is 19.7 Å². The van der Waals surface area contributed by atoms with Crippen molar-refractivity contribution in [1.29, 1.82) is 0 Å². The monoisotopic (exact) mass is 368 g/mol. The van der Waals surface area contributed by atoms with Gasteiger partial charge in [-0.2, -0.15) is 5.10 Å². The zero-order valence-electron chi connectivity index (χ0n) is 15.3. The van der Waals surface area contributed by atoms with E-state index in [0.29, 0.717) is 12.3 Å². The number of rotatable bonds is 3. The highest BCUT2D eigenvalue weighted by molar-refractivity contribution is 5.95. The molecule has 1 amide bonds. The Kier molecular flexibility index (Phi) is 4.51. The highest BCUT2D eigenvalue weighted by Crippen LogP contribution is 2.37. The Morgan fingerprint density at radius 2 is 2.11 bits per heavy atom. The summed E-state index contributed by atoms with van der Waals surface area (Å²) in [5.74, 6) is -0.151. The number of amides is 1. The lowest BCUT2D eigenvalue weighted by Gasteiger charge is -2.35. The Morgan fingerprint density at radius 3 is 2.85 bits per heavy atom. The molecule has 1 N–H and O–H groups in total. The summed E-state index contributed by atoms with van der Waals surface area (Å²) in [4.78, 5) is 14.8. The van der Waals surface area contributed by atoms with Gasteiger partial charge < -0.3 is 9.42 Å². The largest absolute Gasteiger partial charge is 0.356 e. The number of hydrogen-bond acceptors (Lipinski definition) is 4. The van der Waals surface area contributed by atoms with Crippen molar-refractivity contribution in [2.75, 3.05) is 6.54 Å². The van der Waals surface area contributed by atoms with E-state index in [0.717, 1.165) is 41.8 Å². The molecule has 27 heavy (non-hydrogen) atoms. The molecular weight excluding hydrogens is 347 g/mol. The quantitative estimate of drug-likeness (QED) is 0.752. The number of carbonyl (C=O) groups is 1. The number of aryl methyl sites for hydroxylation is 1. The smallest absolute Gasteiger partial charge is 0.257 e. The predicted octanol–water partition coefficient (Wildman–Crippen LogP) is 4.19. The van der Waals surface area contributed by atoms with Gasteiger partial charge in [-0.15, -0.1) is 0 Å². The third kappa shape index (κ3) is 3.03. The van der Waals surface area contributed by atoms with E-state index in [4.69, 9.17) is 4.52 Å². The molecule has 0 aliphatic carbocycles. The summed E-state index contributed by atoms with van der Waals surface area (Å²) in [6.45, 7) is 4.41. The molecule has 140 valence electrons. The summed E-state index contributed by atoms with van der Waals surface area (Å²) >= 11 is 0. The number of H-pyrrole nitrogens is 1. The van der Waals surface area contributed by atoms with Gasteiger partial charge in [0.2, 0.25) is 0 Å². The van der Waals surface area contributed by atoms with Gasteiger partial charge >= 0.3 is 0 Å². The van der Waals surface area contributed by atoms with Crippen molar-refractivity contribution in [3.8, 4) is 11.3 Å². The zero-order valence-corrected chi connectivity index (χ0v) is 15.3. The first-order valence-corrected chi connectivity index (χ1v) is 9.10. The maximum atomic E-state index is 14.2. The van der Waals surface area contributed by atoms with E-state index in [9.17, 15) is 9.18 Å². The van der Waals surface area contributed by atoms with Crippen molar-refractivity contribution in [3.05, 3.63) is 58.8 Å². The highest BCUT2D eigenvalue weighted by atomic mass is 19.1. The summed E-state index contributed by atoms with van der Waals surface area (Å²) in [6, 6.07) is 5.89. The van der Waals surface area contributed by atoms with Crippen molar-refractivity contribution in [3.63, 3.8) is 0 Å². The number of piperidine rings is 1. The van der Waals surface area contributed by atoms with Gasteiger partial charge in [-0.1, -0.05) is 17.3 Å². The van der Waals surface area contributed by atoms with Crippen LogP contribution in [0.3, 0.4) is 0 Å². The molecule has 1 fully saturated rings. The average molecular weight is 368 g/mol. The topological polar surface area (TPSA) is 75.0 Å². The van der Waals surface area contributed by atoms with Gasteiger partial charge in [0.1, 0.15) is 5.82 Å². The number of carbonyl (C=O) groups excluding carboxylic acids is 1. The second-order valence-corrected chi connectivity index (χ2v) is 6.91. The average Bonchev–Trinajstić information content (AvgIpc) is 3.29. The molecule has 0 radical (unpaired) electrons. The number of nitrogens with zero attached hydrogens (tertiary/aromatic N) is 3. The van der Waals surface area contributed by atoms with Crippen molar-refractivity contribution in [2.24, 2.45) is 0 Å². The van der Waals surface area contributed by atoms with Gasteiger partial charge in [0.25, 0.3) is 5.91 Å². The predicted molar refractivity (Wildman–Crippen MR) is 97.6 cm³/mol. The first-order chi connectivity index (χ1) is 13.1. The van der Waals surface area contributed by atoms with Gasteiger partial charge in [-0.3, -0.25) is 9.89 Å². The molecule has 3 heterocycles. The van der Waals surface area contributed by atoms with E-state index in [1.165, 1.54) is 12.1 Å². The second-order valence-electron chi connectivity index (χ2n) is 6.91. The fourth-order valence-corrected chi connectivity index (χ4v) is 3.66. The summed E-state index contributed by atoms with van der Waals surface area (Å²) in [5.41, 5.74) is 3.46. The fraction of sp³-hybridized carbons (Fsp3) is 0.350. The third-order valence-corrected chi connectivity index (χ3v) is 5.27. The van der Waals surface area contributed by atoms with Crippen LogP contribution < -0.4 is 0 Å². The van der Waals surface area contributed by atoms with Crippen LogP contribution in [0.15, 0.2) is 35.0 Å². The number of nitrogens with one attached hydrogen (secondary N) is 1. The van der Waals surface area contributed by atoms with Crippen LogP contribution in [0.5, 0.6) is 0 Å². The van der Waals surface area contributed by atoms with Crippen LogP contribution in [0.4, 0.5) is 4.39 Å². The van der Waals surface area contributed by atoms with Crippen molar-refractivity contribution >= 4 is 5.91 Å². The first kappa shape index (κ1) is 17.5. The Labute approximate surface area is 156 Å². The van der Waals surface area contributed by atoms with Crippen LogP contribution in [0.25, 0.3) is 11.3 Å². The number of aromatic amines is 1. The summed E-state index contributed by atoms with van der Waals surface area (Å²) < 4.78 is 19.7. The van der Waals surface area contributed by atoms with Crippen molar-refractivity contribution in [1.82, 2.24) is 20.3 Å². The number of halogens is 1. The minimum Gasteiger partial charge on any atom is -0.356 e. The normalized spacial score (nSPS) is 17.3. The Hall–Kier alpha value is -2.96. The lowest BCUT2D eigenvalue weighted by Crippen LogP contribution is -2.39. The Morgan fingerprint density at radius 1 is 1.30 bits per heavy atom. The summed E-state index contributed by atoms with van der Waals surface area (Å²) in [7, 11) is 0. The summed E-state index contributed by atoms with van der Waals surface area (Å²) in [5, 5.41) is 11.2. The van der Waals surface area contributed by atoms with Gasteiger partial charge in [0.15, 0.2) is 5.76 Å². The minimum absolute atomic E-state index is 0.0946. The molecule has 1 aliphatic heterocycles. The van der Waals surface area contributed by atoms with Gasteiger partial charge in [0.05, 0.1) is 34.8 Å². The highest BCUT2D eigenvalue weighted by Gasteiger charge is 2.33. The maximum Gasteiger partial charge on any atom is 0.257 e. The van der Waals surface area contributed by atoms with Crippen LogP contribution >= 0.6 is 0 Å². The van der Waals surface area contributed by atoms with Crippen molar-refractivity contribution < 1.29 is 13.7 Å². The molecule has 0 spiro atoms. The van der Waals surface area contributed by atoms with Gasteiger partial charge in [0, 0.05) is 12.1 Å². The van der Waals surface area contributed by atoms with Gasteiger partial charge in [-0.05, 0) is 45.2 Å². The van der Waals surface area contributed by atoms with E-state index in [1.54, 1.807) is 23.2 Å². The van der Waals surface area contributed by atoms with E-state index in [-0.39, 0.29) is 17.5 Å². The van der Waals surface area contributed by atoms with Crippen LogP contribution in [-0.2, 0) is 0 Å². The first-order valence-electron chi connectivity index (χ1n) is 9.10. The Balaban J connectivity index is 1.72. The molecule has 4 rings (SSSR count). The van der Waals surface area contributed by atoms with Crippen LogP contribution in [0.2, 0.25) is 0 Å². The lowest BCUT2D eigenvalue weighted by molar-refractivity contribution is 0.0601. The fourth-order valence-electron chi connectivity index (χ4n) is 3.66. The molecule has 0 bridgehead atoms. The number of aromatic nitrogens is 3. The zero-order chi connectivity index (χ0) is 19.0. The SMILES string of the molecule is Cc1noc(-c2cn[nH]c2C2CCCCN2C(=O)c2ccccc2F)c1C. The molecule has 0 saturated carbocycles. The van der Waals surface area contributed by atoms with Crippen molar-refractivity contribution in [2.45, 2.75) is 39.2 Å². The molecule has 7 heteroatoms. The molecule has 6 nitrogen and oxygen atoms in total. The van der Waals surface area contributed by atoms with E-state index in [2.05, 4.69) is 15.4 Å². The number of benzene rings is 1. The lowest BCUT2D eigenvalue weighted by atomic mass is 9.94. The molecular formula is C20H21FN4O2. The molecule has 1 atom stereocenters. The number of hydrogen-bond donors (Lipinski definition) is 1. The van der Waals surface area contributed by atoms with Gasteiger partial charge in [-0.25, -0.2) is 4.39 Å². The van der Waals surface area contributed by atoms with E-state index < -0.39 is 5.82 Å². The summed E-state index contributed by atoms with van der Waals surface area (Å²) in [6.07, 6.45) is 4.35. The standard InChI is InChI=1S/C20H21FN4O2/c1-12-13(2)24-27-19(12)15-11-22-23-18(15)17-9-5-6-10-25(17)20(26)14-7-3-4-8-16(14)21/h3-4,7-8,11,17H,5-6,9-10H2,1-2H3,(H,22,23). The number of likely N-dealkylation sites (tertiary alicyclic amines) is 1. The van der Waals surface area contributed by atoms with Crippen LogP contribution in [-0.4, -0.2) is 32.7 Å².